The summed E-state index contributed by atoms with van der Waals surface area (Å²) in [6.45, 7) is 6.58. The van der Waals surface area contributed by atoms with Gasteiger partial charge in [-0.15, -0.1) is 11.3 Å². The van der Waals surface area contributed by atoms with Crippen molar-refractivity contribution in [2.75, 3.05) is 44.2 Å². The van der Waals surface area contributed by atoms with Gasteiger partial charge in [-0.3, -0.25) is 9.62 Å². The molecule has 0 saturated carbocycles. The van der Waals surface area contributed by atoms with Crippen LogP contribution in [-0.2, 0) is 21.2 Å². The number of morpholine rings is 1. The summed E-state index contributed by atoms with van der Waals surface area (Å²) in [5.41, 5.74) is 0.646. The normalized spacial score (nSPS) is 16.2. The fourth-order valence-electron chi connectivity index (χ4n) is 3.09. The van der Waals surface area contributed by atoms with Gasteiger partial charge in [0.05, 0.1) is 36.5 Å². The molecule has 2 heterocycles. The summed E-state index contributed by atoms with van der Waals surface area (Å²) in [4.78, 5) is 6.57. The van der Waals surface area contributed by atoms with E-state index in [9.17, 15) is 13.5 Å². The highest BCUT2D eigenvalue weighted by atomic mass is 35.5. The number of ether oxygens (including phenoxy) is 2. The number of aromatic nitrogens is 1. The average Bonchev–Trinajstić information content (AvgIpc) is 3.17. The molecule has 3 rings (SSSR count). The van der Waals surface area contributed by atoms with E-state index in [1.54, 1.807) is 11.4 Å². The largest absolute Gasteiger partial charge is 0.493 e. The van der Waals surface area contributed by atoms with Gasteiger partial charge in [0, 0.05) is 42.5 Å². The fourth-order valence-corrected chi connectivity index (χ4v) is 5.41. The second-order valence-electron chi connectivity index (χ2n) is 7.29. The van der Waals surface area contributed by atoms with E-state index < -0.39 is 16.1 Å². The van der Waals surface area contributed by atoms with Crippen LogP contribution in [0.4, 0.5) is 5.13 Å². The van der Waals surface area contributed by atoms with E-state index in [1.807, 2.05) is 6.92 Å². The Morgan fingerprint density at radius 3 is 2.87 bits per heavy atom. The molecule has 1 atom stereocenters. The third kappa shape index (κ3) is 7.58. The Labute approximate surface area is 192 Å². The lowest BCUT2D eigenvalue weighted by Crippen LogP contribution is -2.37. The monoisotopic (exact) mass is 489 g/mol. The second kappa shape index (κ2) is 11.4. The quantitative estimate of drug-likeness (QED) is 0.468. The number of sulfonamides is 1. The second-order valence-corrected chi connectivity index (χ2v) is 10.3. The molecule has 0 amide bonds. The van der Waals surface area contributed by atoms with Crippen LogP contribution in [0.3, 0.4) is 0 Å². The highest BCUT2D eigenvalue weighted by Gasteiger charge is 2.19. The van der Waals surface area contributed by atoms with Gasteiger partial charge in [-0.2, -0.15) is 0 Å². The van der Waals surface area contributed by atoms with Gasteiger partial charge < -0.3 is 14.6 Å². The van der Waals surface area contributed by atoms with Crippen molar-refractivity contribution in [1.29, 1.82) is 0 Å². The zero-order chi connectivity index (χ0) is 22.3. The summed E-state index contributed by atoms with van der Waals surface area (Å²) in [5.74, 6) is 0.403. The third-order valence-electron chi connectivity index (χ3n) is 4.84. The number of halogens is 1. The lowest BCUT2D eigenvalue weighted by atomic mass is 10.2. The van der Waals surface area contributed by atoms with Crippen molar-refractivity contribution in [3.05, 3.63) is 34.3 Å². The summed E-state index contributed by atoms with van der Waals surface area (Å²) < 4.78 is 39.2. The summed E-state index contributed by atoms with van der Waals surface area (Å²) in [7, 11) is -3.88. The molecule has 0 radical (unpaired) electrons. The Balaban J connectivity index is 1.58. The number of aliphatic hydroxyl groups excluding tert-OH is 1. The lowest BCUT2D eigenvalue weighted by molar-refractivity contribution is 0.0358. The van der Waals surface area contributed by atoms with Gasteiger partial charge in [0.1, 0.15) is 5.75 Å². The molecule has 172 valence electrons. The van der Waals surface area contributed by atoms with Crippen molar-refractivity contribution < 1.29 is 23.0 Å². The third-order valence-corrected chi connectivity index (χ3v) is 7.31. The maximum Gasteiger partial charge on any atom is 0.263 e. The molecule has 1 saturated heterocycles. The van der Waals surface area contributed by atoms with Gasteiger partial charge in [0.2, 0.25) is 0 Å². The highest BCUT2D eigenvalue weighted by molar-refractivity contribution is 7.93. The van der Waals surface area contributed by atoms with Crippen molar-refractivity contribution >= 4 is 38.1 Å². The van der Waals surface area contributed by atoms with Crippen LogP contribution in [0.5, 0.6) is 5.75 Å². The maximum atomic E-state index is 12.8. The Morgan fingerprint density at radius 2 is 2.13 bits per heavy atom. The summed E-state index contributed by atoms with van der Waals surface area (Å²) in [6.07, 6.45) is 1.31. The van der Waals surface area contributed by atoms with Crippen LogP contribution in [-0.4, -0.2) is 69.0 Å². The standard InChI is InChI=1S/C20H28ClN3O5S2/c1-2-17(25)12-16-14-30-20(22-16)23-31(26,27)19-11-15(21)10-18(13-19)29-7-3-4-24-5-8-28-9-6-24/h10-11,13-14,17,25H,2-9,12H2,1H3,(H,22,23). The molecular formula is C20H28ClN3O5S2. The van der Waals surface area contributed by atoms with Crippen molar-refractivity contribution in [2.24, 2.45) is 0 Å². The topological polar surface area (TPSA) is 101 Å². The van der Waals surface area contributed by atoms with Crippen LogP contribution in [0.15, 0.2) is 28.5 Å². The zero-order valence-corrected chi connectivity index (χ0v) is 19.8. The van der Waals surface area contributed by atoms with Crippen LogP contribution in [0.2, 0.25) is 5.02 Å². The number of benzene rings is 1. The summed E-state index contributed by atoms with van der Waals surface area (Å²) in [6, 6.07) is 4.43. The number of anilines is 1. The first-order chi connectivity index (χ1) is 14.9. The number of hydrogen-bond acceptors (Lipinski definition) is 8. The molecule has 0 spiro atoms. The first-order valence-corrected chi connectivity index (χ1v) is 13.0. The predicted octanol–water partition coefficient (Wildman–Crippen LogP) is 3.01. The minimum absolute atomic E-state index is 0.00789. The van der Waals surface area contributed by atoms with Gasteiger partial charge >= 0.3 is 0 Å². The predicted molar refractivity (Wildman–Crippen MR) is 122 cm³/mol. The van der Waals surface area contributed by atoms with E-state index in [0.29, 0.717) is 30.9 Å². The minimum atomic E-state index is -3.88. The number of aliphatic hydroxyl groups is 1. The average molecular weight is 490 g/mol. The highest BCUT2D eigenvalue weighted by Crippen LogP contribution is 2.27. The van der Waals surface area contributed by atoms with Gasteiger partial charge in [0.15, 0.2) is 5.13 Å². The molecule has 0 aliphatic carbocycles. The van der Waals surface area contributed by atoms with Crippen LogP contribution >= 0.6 is 22.9 Å². The molecule has 0 bridgehead atoms. The molecular weight excluding hydrogens is 462 g/mol. The van der Waals surface area contributed by atoms with Crippen molar-refractivity contribution in [3.8, 4) is 5.75 Å². The first kappa shape index (κ1) is 24.2. The number of nitrogens with zero attached hydrogens (tertiary/aromatic N) is 2. The minimum Gasteiger partial charge on any atom is -0.493 e. The Kier molecular flexibility index (Phi) is 8.94. The van der Waals surface area contributed by atoms with Crippen LogP contribution in [0, 0.1) is 0 Å². The smallest absolute Gasteiger partial charge is 0.263 e. The molecule has 1 fully saturated rings. The lowest BCUT2D eigenvalue weighted by Gasteiger charge is -2.26. The number of thiazole rings is 1. The Bertz CT molecular complexity index is 948. The molecule has 8 nitrogen and oxygen atoms in total. The first-order valence-electron chi connectivity index (χ1n) is 10.2. The molecule has 2 aromatic rings. The van der Waals surface area contributed by atoms with Crippen molar-refractivity contribution in [3.63, 3.8) is 0 Å². The van der Waals surface area contributed by atoms with Gasteiger partial charge in [-0.25, -0.2) is 13.4 Å². The fraction of sp³-hybridized carbons (Fsp3) is 0.550. The van der Waals surface area contributed by atoms with E-state index in [2.05, 4.69) is 14.6 Å². The summed E-state index contributed by atoms with van der Waals surface area (Å²) >= 11 is 7.31. The van der Waals surface area contributed by atoms with E-state index in [1.165, 1.54) is 23.5 Å². The van der Waals surface area contributed by atoms with Gasteiger partial charge in [0.25, 0.3) is 10.0 Å². The van der Waals surface area contributed by atoms with Crippen LogP contribution in [0.1, 0.15) is 25.5 Å². The molecule has 1 aliphatic heterocycles. The maximum absolute atomic E-state index is 12.8. The number of nitrogens with one attached hydrogen (secondary N) is 1. The van der Waals surface area contributed by atoms with E-state index in [0.717, 1.165) is 39.3 Å². The van der Waals surface area contributed by atoms with E-state index in [4.69, 9.17) is 21.1 Å². The van der Waals surface area contributed by atoms with Gasteiger partial charge in [-0.05, 0) is 25.0 Å². The number of hydrogen-bond donors (Lipinski definition) is 2. The molecule has 2 N–H and O–H groups in total. The molecule has 1 aromatic carbocycles. The number of rotatable bonds is 11. The molecule has 1 aliphatic rings. The SMILES string of the molecule is CCC(O)Cc1csc(NS(=O)(=O)c2cc(Cl)cc(OCCCN3CCOCC3)c2)n1. The van der Waals surface area contributed by atoms with Crippen LogP contribution in [0.25, 0.3) is 0 Å². The zero-order valence-electron chi connectivity index (χ0n) is 17.4. The Hall–Kier alpha value is -1.43. The van der Waals surface area contributed by atoms with E-state index >= 15 is 0 Å². The van der Waals surface area contributed by atoms with Crippen molar-refractivity contribution in [1.82, 2.24) is 9.88 Å². The molecule has 11 heteroatoms. The molecule has 31 heavy (non-hydrogen) atoms. The summed E-state index contributed by atoms with van der Waals surface area (Å²) in [5, 5.41) is 12.0. The molecule has 1 aromatic heterocycles. The van der Waals surface area contributed by atoms with Crippen molar-refractivity contribution in [2.45, 2.75) is 37.2 Å². The Morgan fingerprint density at radius 1 is 1.35 bits per heavy atom. The van der Waals surface area contributed by atoms with Crippen LogP contribution < -0.4 is 9.46 Å². The molecule has 1 unspecified atom stereocenters. The van der Waals surface area contributed by atoms with E-state index in [-0.39, 0.29) is 15.0 Å². The van der Waals surface area contributed by atoms with Gasteiger partial charge in [-0.1, -0.05) is 18.5 Å².